The summed E-state index contributed by atoms with van der Waals surface area (Å²) in [6.07, 6.45) is 5.78. The van der Waals surface area contributed by atoms with E-state index >= 15 is 4.79 Å². The number of aryl methyl sites for hydroxylation is 2. The first kappa shape index (κ1) is 35.4. The molecule has 258 valence electrons. The number of para-hydroxylation sites is 1. The highest BCUT2D eigenvalue weighted by atomic mass is 16.5. The molecular formula is C39H51N3O6. The third-order valence-corrected chi connectivity index (χ3v) is 10.7. The smallest absolute Gasteiger partial charge is 0.253 e. The topological polar surface area (TPSA) is 99.6 Å². The van der Waals surface area contributed by atoms with Crippen LogP contribution in [0.2, 0.25) is 0 Å². The molecule has 3 fully saturated rings. The van der Waals surface area contributed by atoms with E-state index in [4.69, 9.17) is 9.47 Å². The molecule has 2 aromatic carbocycles. The Balaban J connectivity index is 1.60. The van der Waals surface area contributed by atoms with E-state index < -0.39 is 29.1 Å². The average Bonchev–Trinajstić information content (AvgIpc) is 3.57. The molecule has 1 spiro atoms. The summed E-state index contributed by atoms with van der Waals surface area (Å²) in [6.45, 7) is 19.1. The number of unbranched alkanes of at least 4 members (excludes halogenated alkanes) is 2. The van der Waals surface area contributed by atoms with E-state index in [1.54, 1.807) is 26.9 Å². The fraction of sp³-hybridized carbons (Fsp3) is 0.513. The molecule has 0 saturated carbocycles. The molecule has 6 atom stereocenters. The summed E-state index contributed by atoms with van der Waals surface area (Å²) < 4.78 is 12.7. The minimum atomic E-state index is -1.19. The molecule has 9 nitrogen and oxygen atoms in total. The van der Waals surface area contributed by atoms with Gasteiger partial charge in [0.25, 0.3) is 5.91 Å². The highest BCUT2D eigenvalue weighted by molar-refractivity contribution is 6.07. The SMILES string of the molecule is C=CCN(C(=O)[C@H]1[C@H]2C(=O)N(CCCCCO)C(C(=O)N(CC=C)c3c(C)cccc3C)C23CC(C)[C@]1(C)O3)c1ccc(OCC)cc1. The summed E-state index contributed by atoms with van der Waals surface area (Å²) in [4.78, 5) is 49.8. The highest BCUT2D eigenvalue weighted by Gasteiger charge is 2.80. The largest absolute Gasteiger partial charge is 0.494 e. The van der Waals surface area contributed by atoms with E-state index in [0.717, 1.165) is 16.8 Å². The molecule has 0 aliphatic carbocycles. The Morgan fingerprint density at radius 1 is 1.02 bits per heavy atom. The summed E-state index contributed by atoms with van der Waals surface area (Å²) in [7, 11) is 0. The number of rotatable bonds is 15. The lowest BCUT2D eigenvalue weighted by Crippen LogP contribution is -2.57. The van der Waals surface area contributed by atoms with Crippen molar-refractivity contribution < 1.29 is 29.0 Å². The van der Waals surface area contributed by atoms with E-state index in [0.29, 0.717) is 50.3 Å². The summed E-state index contributed by atoms with van der Waals surface area (Å²) in [6, 6.07) is 12.3. The maximum Gasteiger partial charge on any atom is 0.253 e. The summed E-state index contributed by atoms with van der Waals surface area (Å²) in [5, 5.41) is 9.43. The van der Waals surface area contributed by atoms with Crippen LogP contribution < -0.4 is 14.5 Å². The second kappa shape index (κ2) is 14.3. The second-order valence-electron chi connectivity index (χ2n) is 13.7. The van der Waals surface area contributed by atoms with Gasteiger partial charge in [-0.1, -0.05) is 37.3 Å². The summed E-state index contributed by atoms with van der Waals surface area (Å²) in [5.74, 6) is -1.73. The van der Waals surface area contributed by atoms with Crippen LogP contribution in [0.15, 0.2) is 67.8 Å². The van der Waals surface area contributed by atoms with Crippen molar-refractivity contribution in [2.24, 2.45) is 17.8 Å². The number of nitrogens with zero attached hydrogens (tertiary/aromatic N) is 3. The zero-order valence-electron chi connectivity index (χ0n) is 29.1. The number of carbonyl (C=O) groups is 3. The van der Waals surface area contributed by atoms with Crippen LogP contribution in [-0.2, 0) is 19.1 Å². The van der Waals surface area contributed by atoms with Crippen molar-refractivity contribution in [3.05, 3.63) is 78.9 Å². The molecule has 0 radical (unpaired) electrons. The zero-order chi connectivity index (χ0) is 34.8. The van der Waals surface area contributed by atoms with Gasteiger partial charge in [-0.3, -0.25) is 14.4 Å². The summed E-state index contributed by atoms with van der Waals surface area (Å²) in [5.41, 5.74) is 1.20. The van der Waals surface area contributed by atoms with Crippen LogP contribution in [0.4, 0.5) is 11.4 Å². The van der Waals surface area contributed by atoms with Gasteiger partial charge in [-0.25, -0.2) is 0 Å². The molecule has 2 bridgehead atoms. The molecule has 3 heterocycles. The van der Waals surface area contributed by atoms with Crippen molar-refractivity contribution in [1.82, 2.24) is 4.90 Å². The molecule has 48 heavy (non-hydrogen) atoms. The lowest BCUT2D eigenvalue weighted by molar-refractivity contribution is -0.145. The third-order valence-electron chi connectivity index (χ3n) is 10.7. The van der Waals surface area contributed by atoms with Crippen LogP contribution in [0.5, 0.6) is 5.75 Å². The molecule has 3 saturated heterocycles. The van der Waals surface area contributed by atoms with E-state index in [1.807, 2.05) is 70.2 Å². The Morgan fingerprint density at radius 2 is 1.67 bits per heavy atom. The van der Waals surface area contributed by atoms with E-state index in [9.17, 15) is 14.7 Å². The summed E-state index contributed by atoms with van der Waals surface area (Å²) >= 11 is 0. The lowest BCUT2D eigenvalue weighted by atomic mass is 9.62. The predicted molar refractivity (Wildman–Crippen MR) is 188 cm³/mol. The van der Waals surface area contributed by atoms with Crippen LogP contribution in [0, 0.1) is 31.6 Å². The fourth-order valence-corrected chi connectivity index (χ4v) is 8.51. The normalized spacial score (nSPS) is 27.1. The third kappa shape index (κ3) is 5.85. The number of benzene rings is 2. The van der Waals surface area contributed by atoms with Crippen molar-refractivity contribution in [2.75, 3.05) is 42.6 Å². The molecule has 5 rings (SSSR count). The number of hydrogen-bond acceptors (Lipinski definition) is 6. The number of fused-ring (bicyclic) bond motifs is 1. The van der Waals surface area contributed by atoms with Crippen LogP contribution in [0.25, 0.3) is 0 Å². The first-order valence-electron chi connectivity index (χ1n) is 17.3. The van der Waals surface area contributed by atoms with Crippen molar-refractivity contribution in [3.8, 4) is 5.75 Å². The molecule has 0 aromatic heterocycles. The molecule has 9 heteroatoms. The number of hydrogen-bond donors (Lipinski definition) is 1. The van der Waals surface area contributed by atoms with E-state index in [1.165, 1.54) is 0 Å². The maximum atomic E-state index is 15.1. The van der Waals surface area contributed by atoms with Gasteiger partial charge in [0, 0.05) is 37.6 Å². The first-order chi connectivity index (χ1) is 23.0. The molecule has 3 aliphatic rings. The van der Waals surface area contributed by atoms with Gasteiger partial charge in [-0.05, 0) is 94.7 Å². The van der Waals surface area contributed by atoms with Gasteiger partial charge < -0.3 is 29.3 Å². The van der Waals surface area contributed by atoms with E-state index in [2.05, 4.69) is 20.1 Å². The Bertz CT molecular complexity index is 1520. The van der Waals surface area contributed by atoms with Gasteiger partial charge in [0.15, 0.2) is 0 Å². The Morgan fingerprint density at radius 3 is 2.27 bits per heavy atom. The van der Waals surface area contributed by atoms with Crippen LogP contribution in [0.3, 0.4) is 0 Å². The van der Waals surface area contributed by atoms with E-state index in [-0.39, 0.29) is 43.3 Å². The number of amides is 3. The number of aliphatic hydroxyl groups is 1. The maximum absolute atomic E-state index is 15.1. The minimum absolute atomic E-state index is 0.0583. The first-order valence-corrected chi connectivity index (χ1v) is 17.3. The molecule has 2 aromatic rings. The standard InChI is InChI=1S/C39H51N3O6/c1-8-21-40(29-17-19-30(20-18-29)47-10-3)35(44)31-32-36(45)42(23-12-11-13-24-43)34(39(32)25-28(6)38(31,7)48-39)37(46)41(22-9-2)33-26(4)15-14-16-27(33)5/h8-9,14-20,28,31-32,34,43H,1-2,10-13,21-25H2,3-7H3/t28?,31-,32+,34?,38+,39?/m1/s1. The van der Waals surface area contributed by atoms with Crippen molar-refractivity contribution in [2.45, 2.75) is 77.5 Å². The van der Waals surface area contributed by atoms with Crippen LogP contribution >= 0.6 is 0 Å². The molecule has 1 N–H and O–H groups in total. The van der Waals surface area contributed by atoms with Gasteiger partial charge in [0.2, 0.25) is 11.8 Å². The van der Waals surface area contributed by atoms with Gasteiger partial charge in [-0.15, -0.1) is 13.2 Å². The van der Waals surface area contributed by atoms with Crippen LogP contribution in [-0.4, -0.2) is 77.8 Å². The molecule has 3 amide bonds. The quantitative estimate of drug-likeness (QED) is 0.197. The van der Waals surface area contributed by atoms with Crippen molar-refractivity contribution in [3.63, 3.8) is 0 Å². The number of carbonyl (C=O) groups excluding carboxylic acids is 3. The van der Waals surface area contributed by atoms with Gasteiger partial charge in [-0.2, -0.15) is 0 Å². The highest BCUT2D eigenvalue weighted by Crippen LogP contribution is 2.65. The van der Waals surface area contributed by atoms with Crippen molar-refractivity contribution >= 4 is 29.1 Å². The lowest BCUT2D eigenvalue weighted by Gasteiger charge is -2.39. The minimum Gasteiger partial charge on any atom is -0.494 e. The van der Waals surface area contributed by atoms with Gasteiger partial charge >= 0.3 is 0 Å². The number of aliphatic hydroxyl groups excluding tert-OH is 1. The molecule has 3 aliphatic heterocycles. The Kier molecular flexibility index (Phi) is 10.5. The average molecular weight is 658 g/mol. The zero-order valence-corrected chi connectivity index (χ0v) is 29.1. The van der Waals surface area contributed by atoms with Crippen molar-refractivity contribution in [1.29, 1.82) is 0 Å². The number of ether oxygens (including phenoxy) is 2. The predicted octanol–water partition coefficient (Wildman–Crippen LogP) is 5.61. The van der Waals surface area contributed by atoms with Crippen LogP contribution in [0.1, 0.15) is 57.6 Å². The number of likely N-dealkylation sites (tertiary alicyclic amines) is 1. The van der Waals surface area contributed by atoms with Gasteiger partial charge in [0.1, 0.15) is 17.4 Å². The van der Waals surface area contributed by atoms with Gasteiger partial charge in [0.05, 0.1) is 24.0 Å². The Hall–Kier alpha value is -3.95. The fourth-order valence-electron chi connectivity index (χ4n) is 8.51. The molecule has 3 unspecified atom stereocenters. The monoisotopic (exact) mass is 657 g/mol. The molecular weight excluding hydrogens is 606 g/mol. The Labute approximate surface area is 285 Å². The second-order valence-corrected chi connectivity index (χ2v) is 13.7. The number of anilines is 2.